The fourth-order valence-electron chi connectivity index (χ4n) is 3.53. The van der Waals surface area contributed by atoms with E-state index in [4.69, 9.17) is 0 Å². The molecule has 1 aliphatic heterocycles. The normalized spacial score (nSPS) is 25.5. The number of quaternary nitrogens is 1. The first-order valence-electron chi connectivity index (χ1n) is 7.34. The Hall–Kier alpha value is -1.61. The van der Waals surface area contributed by atoms with Crippen LogP contribution < -0.4 is 5.32 Å². The Labute approximate surface area is 119 Å². The third kappa shape index (κ3) is 2.27. The van der Waals surface area contributed by atoms with E-state index in [-0.39, 0.29) is 17.2 Å². The molecule has 2 aliphatic rings. The molecule has 1 aromatic rings. The van der Waals surface area contributed by atoms with Crippen molar-refractivity contribution in [2.45, 2.75) is 39.2 Å². The highest BCUT2D eigenvalue weighted by atomic mass is 16.3. The highest BCUT2D eigenvalue weighted by Gasteiger charge is 2.40. The minimum Gasteiger partial charge on any atom is -0.512 e. The molecule has 0 spiro atoms. The van der Waals surface area contributed by atoms with Crippen LogP contribution in [0.25, 0.3) is 0 Å². The first kappa shape index (κ1) is 13.4. The van der Waals surface area contributed by atoms with Gasteiger partial charge in [-0.2, -0.15) is 0 Å². The lowest BCUT2D eigenvalue weighted by Crippen LogP contribution is -2.88. The SMILES string of the molecule is CC1(C)CC(=O)C([C@@H]2[NH2+]CCc3ccccc32)=C(O)C1. The second kappa shape index (κ2) is 4.74. The fraction of sp³-hybridized carbons (Fsp3) is 0.471. The summed E-state index contributed by atoms with van der Waals surface area (Å²) in [4.78, 5) is 12.5. The quantitative estimate of drug-likeness (QED) is 0.822. The monoisotopic (exact) mass is 272 g/mol. The molecule has 0 radical (unpaired) electrons. The van der Waals surface area contributed by atoms with Gasteiger partial charge in [0.1, 0.15) is 11.8 Å². The van der Waals surface area contributed by atoms with Gasteiger partial charge in [-0.05, 0) is 11.0 Å². The number of aliphatic hydroxyl groups excluding tert-OH is 1. The number of aliphatic hydroxyl groups is 1. The molecule has 20 heavy (non-hydrogen) atoms. The van der Waals surface area contributed by atoms with Gasteiger partial charge in [-0.15, -0.1) is 0 Å². The third-order valence-electron chi connectivity index (χ3n) is 4.41. The number of benzene rings is 1. The van der Waals surface area contributed by atoms with Crippen LogP contribution in [0.5, 0.6) is 0 Å². The summed E-state index contributed by atoms with van der Waals surface area (Å²) in [6, 6.07) is 8.25. The first-order chi connectivity index (χ1) is 9.48. The van der Waals surface area contributed by atoms with Crippen LogP contribution in [0.3, 0.4) is 0 Å². The van der Waals surface area contributed by atoms with Gasteiger partial charge in [0.05, 0.1) is 12.1 Å². The summed E-state index contributed by atoms with van der Waals surface area (Å²) < 4.78 is 0. The van der Waals surface area contributed by atoms with Crippen LogP contribution in [0.4, 0.5) is 0 Å². The van der Waals surface area contributed by atoms with Gasteiger partial charge in [0, 0.05) is 24.8 Å². The maximum Gasteiger partial charge on any atom is 0.169 e. The highest BCUT2D eigenvalue weighted by molar-refractivity contribution is 5.98. The second-order valence-corrected chi connectivity index (χ2v) is 6.75. The molecule has 0 saturated heterocycles. The summed E-state index contributed by atoms with van der Waals surface area (Å²) in [7, 11) is 0. The van der Waals surface area contributed by atoms with E-state index in [0.29, 0.717) is 24.2 Å². The first-order valence-corrected chi connectivity index (χ1v) is 7.34. The van der Waals surface area contributed by atoms with Crippen molar-refractivity contribution in [3.8, 4) is 0 Å². The molecule has 1 atom stereocenters. The number of Topliss-reactive ketones (excluding diaryl/α,β-unsaturated/α-hetero) is 1. The van der Waals surface area contributed by atoms with Crippen molar-refractivity contribution in [3.05, 3.63) is 46.7 Å². The van der Waals surface area contributed by atoms with E-state index in [2.05, 4.69) is 17.4 Å². The minimum atomic E-state index is -0.126. The molecule has 1 aromatic carbocycles. The van der Waals surface area contributed by atoms with Gasteiger partial charge >= 0.3 is 0 Å². The zero-order valence-corrected chi connectivity index (χ0v) is 12.1. The number of fused-ring (bicyclic) bond motifs is 1. The zero-order valence-electron chi connectivity index (χ0n) is 12.1. The molecule has 3 rings (SSSR count). The van der Waals surface area contributed by atoms with Crippen LogP contribution in [0.15, 0.2) is 35.6 Å². The maximum atomic E-state index is 12.5. The second-order valence-electron chi connectivity index (χ2n) is 6.75. The van der Waals surface area contributed by atoms with Crippen LogP contribution in [-0.2, 0) is 11.2 Å². The van der Waals surface area contributed by atoms with Gasteiger partial charge in [-0.25, -0.2) is 0 Å². The van der Waals surface area contributed by atoms with Crippen molar-refractivity contribution in [2.24, 2.45) is 5.41 Å². The molecule has 3 nitrogen and oxygen atoms in total. The predicted molar refractivity (Wildman–Crippen MR) is 77.4 cm³/mol. The molecule has 106 valence electrons. The molecule has 1 heterocycles. The highest BCUT2D eigenvalue weighted by Crippen LogP contribution is 2.39. The number of ketones is 1. The summed E-state index contributed by atoms with van der Waals surface area (Å²) in [5.74, 6) is 0.404. The Morgan fingerprint density at radius 2 is 2.00 bits per heavy atom. The summed E-state index contributed by atoms with van der Waals surface area (Å²) in [6.07, 6.45) is 2.15. The largest absolute Gasteiger partial charge is 0.512 e. The number of hydrogen-bond donors (Lipinski definition) is 2. The van der Waals surface area contributed by atoms with Gasteiger partial charge in [0.25, 0.3) is 0 Å². The molecule has 3 N–H and O–H groups in total. The van der Waals surface area contributed by atoms with Crippen molar-refractivity contribution in [1.82, 2.24) is 0 Å². The van der Waals surface area contributed by atoms with Crippen LogP contribution >= 0.6 is 0 Å². The third-order valence-corrected chi connectivity index (χ3v) is 4.41. The number of carbonyl (C=O) groups is 1. The molecule has 3 heteroatoms. The van der Waals surface area contributed by atoms with E-state index in [1.165, 1.54) is 11.1 Å². The van der Waals surface area contributed by atoms with Gasteiger partial charge in [0.2, 0.25) is 0 Å². The predicted octanol–water partition coefficient (Wildman–Crippen LogP) is 2.05. The van der Waals surface area contributed by atoms with Crippen LogP contribution in [0, 0.1) is 5.41 Å². The average Bonchev–Trinajstić information content (AvgIpc) is 2.36. The molecular weight excluding hydrogens is 250 g/mol. The maximum absolute atomic E-state index is 12.5. The Morgan fingerprint density at radius 3 is 2.75 bits per heavy atom. The van der Waals surface area contributed by atoms with Gasteiger partial charge < -0.3 is 10.4 Å². The molecule has 0 bridgehead atoms. The van der Waals surface area contributed by atoms with Gasteiger partial charge in [-0.3, -0.25) is 4.79 Å². The molecule has 0 amide bonds. The topological polar surface area (TPSA) is 53.9 Å². The number of allylic oxidation sites excluding steroid dienone is 1. The zero-order chi connectivity index (χ0) is 14.3. The summed E-state index contributed by atoms with van der Waals surface area (Å²) in [5.41, 5.74) is 3.00. The van der Waals surface area contributed by atoms with Crippen molar-refractivity contribution in [2.75, 3.05) is 6.54 Å². The van der Waals surface area contributed by atoms with E-state index in [1.807, 2.05) is 26.0 Å². The van der Waals surface area contributed by atoms with E-state index in [9.17, 15) is 9.90 Å². The molecule has 0 unspecified atom stereocenters. The summed E-state index contributed by atoms with van der Waals surface area (Å²) in [5, 5.41) is 12.6. The summed E-state index contributed by atoms with van der Waals surface area (Å²) in [6.45, 7) is 5.04. The van der Waals surface area contributed by atoms with Crippen LogP contribution in [0.1, 0.15) is 43.9 Å². The number of hydrogen-bond acceptors (Lipinski definition) is 2. The van der Waals surface area contributed by atoms with E-state index >= 15 is 0 Å². The molecular formula is C17H22NO2+. The lowest BCUT2D eigenvalue weighted by Gasteiger charge is -2.33. The lowest BCUT2D eigenvalue weighted by atomic mass is 9.73. The van der Waals surface area contributed by atoms with Crippen molar-refractivity contribution >= 4 is 5.78 Å². The van der Waals surface area contributed by atoms with Gasteiger partial charge in [-0.1, -0.05) is 38.1 Å². The molecule has 0 aromatic heterocycles. The minimum absolute atomic E-state index is 0.0245. The molecule has 1 aliphatic carbocycles. The van der Waals surface area contributed by atoms with E-state index < -0.39 is 0 Å². The number of carbonyl (C=O) groups excluding carboxylic acids is 1. The Morgan fingerprint density at radius 1 is 1.25 bits per heavy atom. The smallest absolute Gasteiger partial charge is 0.169 e. The Balaban J connectivity index is 2.04. The van der Waals surface area contributed by atoms with E-state index in [0.717, 1.165) is 13.0 Å². The molecule has 0 saturated carbocycles. The van der Waals surface area contributed by atoms with E-state index in [1.54, 1.807) is 0 Å². The number of rotatable bonds is 1. The van der Waals surface area contributed by atoms with Gasteiger partial charge in [0.15, 0.2) is 5.78 Å². The fourth-order valence-corrected chi connectivity index (χ4v) is 3.53. The van der Waals surface area contributed by atoms with Crippen molar-refractivity contribution < 1.29 is 15.2 Å². The van der Waals surface area contributed by atoms with Crippen LogP contribution in [-0.4, -0.2) is 17.4 Å². The lowest BCUT2D eigenvalue weighted by molar-refractivity contribution is -0.690. The average molecular weight is 272 g/mol. The summed E-state index contributed by atoms with van der Waals surface area (Å²) >= 11 is 0. The standard InChI is InChI=1S/C17H21NO2/c1-17(2)9-13(19)15(14(20)10-17)16-12-6-4-3-5-11(12)7-8-18-16/h3-6,16,18-19H,7-10H2,1-2H3/p+1/t16-/m1/s1. The van der Waals surface area contributed by atoms with Crippen molar-refractivity contribution in [1.29, 1.82) is 0 Å². The molecule has 0 fully saturated rings. The Kier molecular flexibility index (Phi) is 3.17. The van der Waals surface area contributed by atoms with Crippen LogP contribution in [0.2, 0.25) is 0 Å². The Bertz CT molecular complexity index is 586. The number of nitrogens with two attached hydrogens (primary N) is 1. The van der Waals surface area contributed by atoms with Crippen molar-refractivity contribution in [3.63, 3.8) is 0 Å².